The maximum absolute atomic E-state index is 11.3. The maximum Gasteiger partial charge on any atom is 0.337 e. The van der Waals surface area contributed by atoms with Gasteiger partial charge in [-0.25, -0.2) is 4.79 Å². The van der Waals surface area contributed by atoms with Crippen LogP contribution in [0.25, 0.3) is 0 Å². The molecule has 0 aliphatic rings. The van der Waals surface area contributed by atoms with Gasteiger partial charge in [0, 0.05) is 30.5 Å². The van der Waals surface area contributed by atoms with Crippen LogP contribution in [-0.4, -0.2) is 20.9 Å². The van der Waals surface area contributed by atoms with E-state index in [0.29, 0.717) is 17.8 Å². The first-order valence-electron chi connectivity index (χ1n) is 6.47. The lowest BCUT2D eigenvalue weighted by Gasteiger charge is -2.10. The van der Waals surface area contributed by atoms with Crippen molar-refractivity contribution in [3.05, 3.63) is 46.3 Å². The van der Waals surface area contributed by atoms with Crippen LogP contribution in [0, 0.1) is 20.8 Å². The summed E-state index contributed by atoms with van der Waals surface area (Å²) in [5.41, 5.74) is 5.00. The third kappa shape index (κ3) is 2.66. The fourth-order valence-electron chi connectivity index (χ4n) is 2.25. The predicted molar refractivity (Wildman–Crippen MR) is 78.1 cm³/mol. The van der Waals surface area contributed by atoms with Gasteiger partial charge in [0.05, 0.1) is 11.3 Å². The van der Waals surface area contributed by atoms with Gasteiger partial charge >= 0.3 is 5.97 Å². The molecule has 0 bridgehead atoms. The molecule has 0 amide bonds. The van der Waals surface area contributed by atoms with E-state index in [9.17, 15) is 9.90 Å². The Labute approximate surface area is 118 Å². The van der Waals surface area contributed by atoms with E-state index in [2.05, 4.69) is 10.4 Å². The predicted octanol–water partition coefficient (Wildman–Crippen LogP) is 2.66. The minimum absolute atomic E-state index is 0.296. The summed E-state index contributed by atoms with van der Waals surface area (Å²) in [6.07, 6.45) is 0. The van der Waals surface area contributed by atoms with Gasteiger partial charge in [-0.3, -0.25) is 4.68 Å². The third-order valence-corrected chi connectivity index (χ3v) is 3.52. The number of hydrogen-bond donors (Lipinski definition) is 2. The van der Waals surface area contributed by atoms with Crippen LogP contribution < -0.4 is 5.32 Å². The molecule has 2 rings (SSSR count). The third-order valence-electron chi connectivity index (χ3n) is 3.52. The second-order valence-electron chi connectivity index (χ2n) is 4.98. The van der Waals surface area contributed by atoms with Crippen molar-refractivity contribution in [3.63, 3.8) is 0 Å². The van der Waals surface area contributed by atoms with E-state index in [1.165, 1.54) is 0 Å². The molecule has 0 aliphatic heterocycles. The van der Waals surface area contributed by atoms with Crippen molar-refractivity contribution >= 4 is 11.7 Å². The number of nitrogens with one attached hydrogen (secondary N) is 1. The molecule has 0 saturated carbocycles. The molecule has 0 atom stereocenters. The van der Waals surface area contributed by atoms with Gasteiger partial charge in [-0.15, -0.1) is 0 Å². The monoisotopic (exact) mass is 273 g/mol. The van der Waals surface area contributed by atoms with Crippen molar-refractivity contribution in [1.29, 1.82) is 0 Å². The molecule has 0 fully saturated rings. The number of carboxylic acid groups (broad SMARTS) is 1. The van der Waals surface area contributed by atoms with Crippen LogP contribution in [-0.2, 0) is 13.6 Å². The first-order valence-corrected chi connectivity index (χ1v) is 6.47. The topological polar surface area (TPSA) is 67.2 Å². The molecule has 106 valence electrons. The standard InChI is InChI=1S/C15H19N3O2/c1-9-5-6-14(12(7-9)15(19)20)16-8-13-10(2)17-18(4)11(13)3/h5-7,16H,8H2,1-4H3,(H,19,20). The maximum atomic E-state index is 11.3. The average molecular weight is 273 g/mol. The summed E-state index contributed by atoms with van der Waals surface area (Å²) in [6.45, 7) is 6.40. The van der Waals surface area contributed by atoms with Crippen molar-refractivity contribution < 1.29 is 9.90 Å². The smallest absolute Gasteiger partial charge is 0.337 e. The molecule has 20 heavy (non-hydrogen) atoms. The van der Waals surface area contributed by atoms with Gasteiger partial charge in [0.25, 0.3) is 0 Å². The first kappa shape index (κ1) is 14.1. The Hall–Kier alpha value is -2.30. The van der Waals surface area contributed by atoms with Crippen LogP contribution in [0.2, 0.25) is 0 Å². The number of anilines is 1. The van der Waals surface area contributed by atoms with Crippen LogP contribution >= 0.6 is 0 Å². The lowest BCUT2D eigenvalue weighted by atomic mass is 10.1. The number of hydrogen-bond acceptors (Lipinski definition) is 3. The van der Waals surface area contributed by atoms with Gasteiger partial charge in [0.2, 0.25) is 0 Å². The highest BCUT2D eigenvalue weighted by Crippen LogP contribution is 2.20. The zero-order chi connectivity index (χ0) is 14.9. The van der Waals surface area contributed by atoms with Gasteiger partial charge in [-0.1, -0.05) is 11.6 Å². The molecule has 0 saturated heterocycles. The minimum Gasteiger partial charge on any atom is -0.478 e. The normalized spacial score (nSPS) is 10.6. The fourth-order valence-corrected chi connectivity index (χ4v) is 2.25. The molecule has 1 aromatic heterocycles. The molecule has 5 nitrogen and oxygen atoms in total. The van der Waals surface area contributed by atoms with E-state index in [-0.39, 0.29) is 0 Å². The van der Waals surface area contributed by atoms with E-state index in [4.69, 9.17) is 0 Å². The SMILES string of the molecule is Cc1ccc(NCc2c(C)nn(C)c2C)c(C(=O)O)c1. The number of benzene rings is 1. The van der Waals surface area contributed by atoms with E-state index in [0.717, 1.165) is 22.5 Å². The summed E-state index contributed by atoms with van der Waals surface area (Å²) >= 11 is 0. The second kappa shape index (κ2) is 5.36. The Morgan fingerprint density at radius 1 is 1.35 bits per heavy atom. The zero-order valence-electron chi connectivity index (χ0n) is 12.2. The van der Waals surface area contributed by atoms with Crippen LogP contribution in [0.4, 0.5) is 5.69 Å². The molecule has 0 aliphatic carbocycles. The Morgan fingerprint density at radius 3 is 2.60 bits per heavy atom. The Bertz CT molecular complexity index is 659. The molecule has 2 aromatic rings. The van der Waals surface area contributed by atoms with Crippen LogP contribution in [0.1, 0.15) is 32.9 Å². The Morgan fingerprint density at radius 2 is 2.05 bits per heavy atom. The number of aryl methyl sites for hydroxylation is 3. The largest absolute Gasteiger partial charge is 0.478 e. The Kier molecular flexibility index (Phi) is 3.79. The van der Waals surface area contributed by atoms with Crippen molar-refractivity contribution in [2.75, 3.05) is 5.32 Å². The molecule has 0 radical (unpaired) electrons. The molecular weight excluding hydrogens is 254 g/mol. The van der Waals surface area contributed by atoms with Gasteiger partial charge in [-0.2, -0.15) is 5.10 Å². The molecule has 1 heterocycles. The summed E-state index contributed by atoms with van der Waals surface area (Å²) in [7, 11) is 1.90. The van der Waals surface area contributed by atoms with E-state index >= 15 is 0 Å². The minimum atomic E-state index is -0.921. The summed E-state index contributed by atoms with van der Waals surface area (Å²) in [4.78, 5) is 11.3. The lowest BCUT2D eigenvalue weighted by molar-refractivity contribution is 0.0698. The number of aromatic carboxylic acids is 1. The van der Waals surface area contributed by atoms with E-state index in [1.54, 1.807) is 12.1 Å². The number of rotatable bonds is 4. The van der Waals surface area contributed by atoms with Gasteiger partial charge in [0.15, 0.2) is 0 Å². The summed E-state index contributed by atoms with van der Waals surface area (Å²) in [5.74, 6) is -0.921. The second-order valence-corrected chi connectivity index (χ2v) is 4.98. The highest BCUT2D eigenvalue weighted by Gasteiger charge is 2.13. The summed E-state index contributed by atoms with van der Waals surface area (Å²) in [6, 6.07) is 5.38. The molecular formula is C15H19N3O2. The number of aromatic nitrogens is 2. The van der Waals surface area contributed by atoms with Gasteiger partial charge in [-0.05, 0) is 32.9 Å². The molecule has 5 heteroatoms. The Balaban J connectivity index is 2.25. The van der Waals surface area contributed by atoms with E-state index in [1.807, 2.05) is 38.6 Å². The fraction of sp³-hybridized carbons (Fsp3) is 0.333. The molecule has 0 unspecified atom stereocenters. The average Bonchev–Trinajstić information content (AvgIpc) is 2.62. The molecule has 2 N–H and O–H groups in total. The van der Waals surface area contributed by atoms with Crippen molar-refractivity contribution in [2.24, 2.45) is 7.05 Å². The molecule has 1 aromatic carbocycles. The van der Waals surface area contributed by atoms with Gasteiger partial charge < -0.3 is 10.4 Å². The van der Waals surface area contributed by atoms with E-state index < -0.39 is 5.97 Å². The highest BCUT2D eigenvalue weighted by atomic mass is 16.4. The van der Waals surface area contributed by atoms with Crippen LogP contribution in [0.15, 0.2) is 18.2 Å². The van der Waals surface area contributed by atoms with Gasteiger partial charge in [0.1, 0.15) is 0 Å². The van der Waals surface area contributed by atoms with Crippen LogP contribution in [0.3, 0.4) is 0 Å². The van der Waals surface area contributed by atoms with Crippen molar-refractivity contribution in [1.82, 2.24) is 9.78 Å². The zero-order valence-corrected chi connectivity index (χ0v) is 12.2. The highest BCUT2D eigenvalue weighted by molar-refractivity contribution is 5.94. The van der Waals surface area contributed by atoms with Crippen molar-refractivity contribution in [3.8, 4) is 0 Å². The number of carboxylic acids is 1. The number of nitrogens with zero attached hydrogens (tertiary/aromatic N) is 2. The summed E-state index contributed by atoms with van der Waals surface area (Å²) in [5, 5.41) is 16.8. The van der Waals surface area contributed by atoms with Crippen molar-refractivity contribution in [2.45, 2.75) is 27.3 Å². The number of carbonyl (C=O) groups is 1. The quantitative estimate of drug-likeness (QED) is 0.898. The first-order chi connectivity index (χ1) is 9.40. The van der Waals surface area contributed by atoms with Crippen LogP contribution in [0.5, 0.6) is 0 Å². The molecule has 0 spiro atoms. The summed E-state index contributed by atoms with van der Waals surface area (Å²) < 4.78 is 1.83. The lowest BCUT2D eigenvalue weighted by Crippen LogP contribution is -2.08.